The van der Waals surface area contributed by atoms with Crippen LogP contribution in [0.5, 0.6) is 0 Å². The predicted molar refractivity (Wildman–Crippen MR) is 73.4 cm³/mol. The van der Waals surface area contributed by atoms with Crippen molar-refractivity contribution < 1.29 is 4.79 Å². The van der Waals surface area contributed by atoms with Crippen LogP contribution in [0.1, 0.15) is 43.0 Å². The van der Waals surface area contributed by atoms with Gasteiger partial charge in [0.25, 0.3) is 5.91 Å². The Morgan fingerprint density at radius 3 is 2.78 bits per heavy atom. The highest BCUT2D eigenvalue weighted by Gasteiger charge is 2.14. The van der Waals surface area contributed by atoms with Crippen LogP contribution in [-0.4, -0.2) is 11.6 Å². The van der Waals surface area contributed by atoms with Crippen LogP contribution in [-0.2, 0) is 0 Å². The maximum Gasteiger partial charge on any atom is 0.271 e. The first kappa shape index (κ1) is 12.6. The van der Waals surface area contributed by atoms with Gasteiger partial charge < -0.3 is 5.73 Å². The Morgan fingerprint density at radius 1 is 1.39 bits per heavy atom. The molecule has 96 valence electrons. The number of nitrogens with zero attached hydrogens (tertiary/aromatic N) is 1. The van der Waals surface area contributed by atoms with E-state index in [4.69, 9.17) is 5.73 Å². The third kappa shape index (κ3) is 3.32. The van der Waals surface area contributed by atoms with Gasteiger partial charge in [0.1, 0.15) is 0 Å². The van der Waals surface area contributed by atoms with Crippen molar-refractivity contribution in [2.75, 3.05) is 5.73 Å². The van der Waals surface area contributed by atoms with Gasteiger partial charge in [0.05, 0.1) is 0 Å². The van der Waals surface area contributed by atoms with Crippen molar-refractivity contribution in [3.63, 3.8) is 0 Å². The predicted octanol–water partition coefficient (Wildman–Crippen LogP) is 2.56. The molecule has 0 bridgehead atoms. The molecular weight excluding hydrogens is 226 g/mol. The lowest BCUT2D eigenvalue weighted by molar-refractivity contribution is 0.0954. The number of benzene rings is 1. The first-order chi connectivity index (χ1) is 8.65. The zero-order valence-electron chi connectivity index (χ0n) is 10.6. The summed E-state index contributed by atoms with van der Waals surface area (Å²) < 4.78 is 0. The van der Waals surface area contributed by atoms with Crippen LogP contribution in [0, 0.1) is 5.92 Å². The molecular formula is C14H19N3O. The lowest BCUT2D eigenvalue weighted by Gasteiger charge is -2.18. The normalized spacial score (nSPS) is 21.8. The minimum Gasteiger partial charge on any atom is -0.399 e. The number of rotatable bonds is 2. The first-order valence-corrected chi connectivity index (χ1v) is 6.36. The number of carbonyl (C=O) groups is 1. The van der Waals surface area contributed by atoms with Crippen LogP contribution in [0.3, 0.4) is 0 Å². The summed E-state index contributed by atoms with van der Waals surface area (Å²) in [6.07, 6.45) is 4.40. The van der Waals surface area contributed by atoms with E-state index in [1.165, 1.54) is 6.42 Å². The molecule has 4 heteroatoms. The fourth-order valence-electron chi connectivity index (χ4n) is 2.19. The molecule has 1 fully saturated rings. The minimum absolute atomic E-state index is 0.180. The third-order valence-electron chi connectivity index (χ3n) is 3.23. The van der Waals surface area contributed by atoms with Crippen molar-refractivity contribution in [3.8, 4) is 0 Å². The lowest BCUT2D eigenvalue weighted by atomic mass is 9.89. The Morgan fingerprint density at radius 2 is 2.11 bits per heavy atom. The number of nitrogen functional groups attached to an aromatic ring is 1. The standard InChI is InChI=1S/C14H19N3O/c1-10-3-2-4-13(9-10)16-17-14(18)11-5-7-12(15)8-6-11/h5-8,10H,2-4,9,15H2,1H3,(H,17,18)/b16-13-/t10-/m0/s1. The van der Waals surface area contributed by atoms with Gasteiger partial charge in [0.15, 0.2) is 0 Å². The van der Waals surface area contributed by atoms with Crippen molar-refractivity contribution in [2.45, 2.75) is 32.6 Å². The number of amides is 1. The van der Waals surface area contributed by atoms with Gasteiger partial charge in [-0.3, -0.25) is 4.79 Å². The van der Waals surface area contributed by atoms with Gasteiger partial charge in [-0.15, -0.1) is 0 Å². The maximum absolute atomic E-state index is 11.8. The minimum atomic E-state index is -0.180. The number of anilines is 1. The molecule has 0 saturated heterocycles. The van der Waals surface area contributed by atoms with Gasteiger partial charge in [0.2, 0.25) is 0 Å². The van der Waals surface area contributed by atoms with Crippen LogP contribution >= 0.6 is 0 Å². The van der Waals surface area contributed by atoms with Gasteiger partial charge in [-0.05, 0) is 55.9 Å². The van der Waals surface area contributed by atoms with Crippen molar-refractivity contribution in [2.24, 2.45) is 11.0 Å². The van der Waals surface area contributed by atoms with Crippen LogP contribution in [0.4, 0.5) is 5.69 Å². The molecule has 3 N–H and O–H groups in total. The highest BCUT2D eigenvalue weighted by Crippen LogP contribution is 2.20. The molecule has 18 heavy (non-hydrogen) atoms. The van der Waals surface area contributed by atoms with E-state index in [9.17, 15) is 4.79 Å². The van der Waals surface area contributed by atoms with Crippen molar-refractivity contribution in [3.05, 3.63) is 29.8 Å². The molecule has 1 atom stereocenters. The quantitative estimate of drug-likeness (QED) is 0.621. The van der Waals surface area contributed by atoms with Crippen molar-refractivity contribution >= 4 is 17.3 Å². The number of hydrogen-bond acceptors (Lipinski definition) is 3. The van der Waals surface area contributed by atoms with Crippen LogP contribution < -0.4 is 11.2 Å². The SMILES string of the molecule is C[C@H]1CCC/C(=N/NC(=O)c2ccc(N)cc2)C1. The van der Waals surface area contributed by atoms with E-state index in [2.05, 4.69) is 17.5 Å². The van der Waals surface area contributed by atoms with E-state index in [0.29, 0.717) is 17.2 Å². The number of carbonyl (C=O) groups excluding carboxylic acids is 1. The average molecular weight is 245 g/mol. The molecule has 1 aliphatic carbocycles. The number of nitrogens with one attached hydrogen (secondary N) is 1. The second-order valence-corrected chi connectivity index (χ2v) is 4.94. The fourth-order valence-corrected chi connectivity index (χ4v) is 2.19. The summed E-state index contributed by atoms with van der Waals surface area (Å²) in [5, 5.41) is 4.22. The molecule has 0 radical (unpaired) electrons. The van der Waals surface area contributed by atoms with E-state index >= 15 is 0 Å². The molecule has 1 aliphatic rings. The van der Waals surface area contributed by atoms with E-state index in [0.717, 1.165) is 25.0 Å². The average Bonchev–Trinajstić information content (AvgIpc) is 2.37. The summed E-state index contributed by atoms with van der Waals surface area (Å²) in [7, 11) is 0. The molecule has 0 heterocycles. The van der Waals surface area contributed by atoms with Crippen molar-refractivity contribution in [1.29, 1.82) is 0 Å². The van der Waals surface area contributed by atoms with Crippen LogP contribution in [0.25, 0.3) is 0 Å². The third-order valence-corrected chi connectivity index (χ3v) is 3.23. The summed E-state index contributed by atoms with van der Waals surface area (Å²) in [5.74, 6) is 0.492. The number of hydrazone groups is 1. The Labute approximate surface area is 107 Å². The molecule has 1 saturated carbocycles. The van der Waals surface area contributed by atoms with Gasteiger partial charge in [-0.25, -0.2) is 5.43 Å². The Hall–Kier alpha value is -1.84. The van der Waals surface area contributed by atoms with Gasteiger partial charge in [-0.1, -0.05) is 6.92 Å². The van der Waals surface area contributed by atoms with Crippen LogP contribution in [0.15, 0.2) is 29.4 Å². The Kier molecular flexibility index (Phi) is 3.97. The lowest BCUT2D eigenvalue weighted by Crippen LogP contribution is -2.22. The molecule has 1 aromatic rings. The number of nitrogens with two attached hydrogens (primary N) is 1. The topological polar surface area (TPSA) is 67.5 Å². The summed E-state index contributed by atoms with van der Waals surface area (Å²) in [6, 6.07) is 6.83. The monoisotopic (exact) mass is 245 g/mol. The Bertz CT molecular complexity index is 451. The molecule has 0 aromatic heterocycles. The summed E-state index contributed by atoms with van der Waals surface area (Å²) in [4.78, 5) is 11.8. The van der Waals surface area contributed by atoms with E-state index in [1.807, 2.05) is 0 Å². The zero-order valence-corrected chi connectivity index (χ0v) is 10.6. The largest absolute Gasteiger partial charge is 0.399 e. The van der Waals surface area contributed by atoms with Crippen molar-refractivity contribution in [1.82, 2.24) is 5.43 Å². The Balaban J connectivity index is 1.95. The highest BCUT2D eigenvalue weighted by molar-refractivity contribution is 5.95. The molecule has 1 amide bonds. The summed E-state index contributed by atoms with van der Waals surface area (Å²) >= 11 is 0. The van der Waals surface area contributed by atoms with E-state index < -0.39 is 0 Å². The van der Waals surface area contributed by atoms with Gasteiger partial charge >= 0.3 is 0 Å². The van der Waals surface area contributed by atoms with Crippen LogP contribution in [0.2, 0.25) is 0 Å². The molecule has 1 aromatic carbocycles. The van der Waals surface area contributed by atoms with Gasteiger partial charge in [-0.2, -0.15) is 5.10 Å². The second kappa shape index (κ2) is 5.67. The zero-order chi connectivity index (χ0) is 13.0. The first-order valence-electron chi connectivity index (χ1n) is 6.36. The van der Waals surface area contributed by atoms with Gasteiger partial charge in [0, 0.05) is 17.0 Å². The maximum atomic E-state index is 11.8. The molecule has 0 aliphatic heterocycles. The molecule has 0 unspecified atom stereocenters. The molecule has 0 spiro atoms. The highest BCUT2D eigenvalue weighted by atomic mass is 16.2. The van der Waals surface area contributed by atoms with E-state index in [-0.39, 0.29) is 5.91 Å². The molecule has 2 rings (SSSR count). The summed E-state index contributed by atoms with van der Waals surface area (Å²) in [5.41, 5.74) is 10.5. The molecule has 4 nitrogen and oxygen atoms in total. The summed E-state index contributed by atoms with van der Waals surface area (Å²) in [6.45, 7) is 2.22. The number of hydrogen-bond donors (Lipinski definition) is 2. The second-order valence-electron chi connectivity index (χ2n) is 4.94. The van der Waals surface area contributed by atoms with E-state index in [1.54, 1.807) is 24.3 Å². The smallest absolute Gasteiger partial charge is 0.271 e. The fraction of sp³-hybridized carbons (Fsp3) is 0.429.